The minimum atomic E-state index is -1.00. The van der Waals surface area contributed by atoms with Crippen molar-refractivity contribution in [3.8, 4) is 11.3 Å². The average Bonchev–Trinajstić information content (AvgIpc) is 2.82. The highest BCUT2D eigenvalue weighted by Gasteiger charge is 2.16. The van der Waals surface area contributed by atoms with Crippen molar-refractivity contribution < 1.29 is 9.90 Å². The number of carboxylic acid groups (broad SMARTS) is 1. The SMILES string of the molecule is Nc1nc(-c2ccccc2Cl)c2cc(C(=O)O)sc2n1. The summed E-state index contributed by atoms with van der Waals surface area (Å²) in [5, 5.41) is 10.2. The van der Waals surface area contributed by atoms with Crippen molar-refractivity contribution >= 4 is 45.1 Å². The van der Waals surface area contributed by atoms with Gasteiger partial charge in [0.15, 0.2) is 0 Å². The highest BCUT2D eigenvalue weighted by Crippen LogP contribution is 2.35. The predicted octanol–water partition coefficient (Wildman–Crippen LogP) is 3.29. The predicted molar refractivity (Wildman–Crippen MR) is 79.2 cm³/mol. The number of halogens is 1. The molecule has 0 spiro atoms. The van der Waals surface area contributed by atoms with Crippen molar-refractivity contribution in [3.63, 3.8) is 0 Å². The Balaban J connectivity index is 2.35. The maximum atomic E-state index is 11.1. The zero-order valence-corrected chi connectivity index (χ0v) is 11.6. The number of hydrogen-bond donors (Lipinski definition) is 2. The minimum Gasteiger partial charge on any atom is -0.477 e. The van der Waals surface area contributed by atoms with Crippen LogP contribution in [-0.2, 0) is 0 Å². The lowest BCUT2D eigenvalue weighted by Gasteiger charge is -2.05. The quantitative estimate of drug-likeness (QED) is 0.758. The van der Waals surface area contributed by atoms with Gasteiger partial charge >= 0.3 is 5.97 Å². The van der Waals surface area contributed by atoms with Crippen LogP contribution in [0.2, 0.25) is 5.02 Å². The van der Waals surface area contributed by atoms with Crippen LogP contribution < -0.4 is 5.73 Å². The fraction of sp³-hybridized carbons (Fsp3) is 0. The Morgan fingerprint density at radius 1 is 1.30 bits per heavy atom. The van der Waals surface area contributed by atoms with Gasteiger partial charge in [-0.15, -0.1) is 11.3 Å². The molecular formula is C13H8ClN3O2S. The molecule has 0 aliphatic carbocycles. The van der Waals surface area contributed by atoms with E-state index in [0.717, 1.165) is 11.3 Å². The van der Waals surface area contributed by atoms with Gasteiger partial charge in [0.05, 0.1) is 5.69 Å². The number of fused-ring (bicyclic) bond motifs is 1. The van der Waals surface area contributed by atoms with Crippen LogP contribution in [-0.4, -0.2) is 21.0 Å². The first-order valence-electron chi connectivity index (χ1n) is 5.61. The Bertz CT molecular complexity index is 832. The van der Waals surface area contributed by atoms with Gasteiger partial charge in [0.1, 0.15) is 9.71 Å². The van der Waals surface area contributed by atoms with E-state index in [2.05, 4.69) is 9.97 Å². The number of aromatic carboxylic acids is 1. The van der Waals surface area contributed by atoms with Gasteiger partial charge in [0.25, 0.3) is 0 Å². The van der Waals surface area contributed by atoms with E-state index in [4.69, 9.17) is 22.4 Å². The molecule has 100 valence electrons. The van der Waals surface area contributed by atoms with Gasteiger partial charge in [-0.3, -0.25) is 0 Å². The molecule has 0 bridgehead atoms. The van der Waals surface area contributed by atoms with Crippen LogP contribution in [0.4, 0.5) is 5.95 Å². The van der Waals surface area contributed by atoms with E-state index in [1.807, 2.05) is 18.2 Å². The fourth-order valence-electron chi connectivity index (χ4n) is 1.90. The molecule has 3 rings (SSSR count). The molecule has 0 fully saturated rings. The van der Waals surface area contributed by atoms with Crippen molar-refractivity contribution in [2.75, 3.05) is 5.73 Å². The molecule has 5 nitrogen and oxygen atoms in total. The van der Waals surface area contributed by atoms with E-state index in [0.29, 0.717) is 26.5 Å². The Labute approximate surface area is 122 Å². The third-order valence-corrected chi connectivity index (χ3v) is 4.10. The second-order valence-electron chi connectivity index (χ2n) is 4.04. The molecule has 2 aromatic heterocycles. The molecule has 0 amide bonds. The number of hydrogen-bond acceptors (Lipinski definition) is 5. The summed E-state index contributed by atoms with van der Waals surface area (Å²) in [6, 6.07) is 8.73. The van der Waals surface area contributed by atoms with E-state index in [9.17, 15) is 4.79 Å². The third kappa shape index (κ3) is 2.09. The lowest BCUT2D eigenvalue weighted by molar-refractivity contribution is 0.0702. The standard InChI is InChI=1S/C13H8ClN3O2S/c14-8-4-2-1-3-6(8)10-7-5-9(12(18)19)20-11(7)17-13(15)16-10/h1-5H,(H,18,19)(H2,15,16,17). The zero-order valence-electron chi connectivity index (χ0n) is 10.0. The summed E-state index contributed by atoms with van der Waals surface area (Å²) < 4.78 is 0. The van der Waals surface area contributed by atoms with E-state index < -0.39 is 5.97 Å². The van der Waals surface area contributed by atoms with Gasteiger partial charge in [0, 0.05) is 16.0 Å². The molecule has 0 saturated carbocycles. The number of aromatic nitrogens is 2. The molecule has 0 atom stereocenters. The summed E-state index contributed by atoms with van der Waals surface area (Å²) in [5.41, 5.74) is 6.93. The largest absolute Gasteiger partial charge is 0.477 e. The molecule has 3 N–H and O–H groups in total. The van der Waals surface area contributed by atoms with Gasteiger partial charge in [-0.25, -0.2) is 14.8 Å². The molecule has 0 aliphatic heterocycles. The first kappa shape index (κ1) is 12.8. The maximum absolute atomic E-state index is 11.1. The van der Waals surface area contributed by atoms with Crippen LogP contribution >= 0.6 is 22.9 Å². The van der Waals surface area contributed by atoms with Crippen molar-refractivity contribution in [2.24, 2.45) is 0 Å². The maximum Gasteiger partial charge on any atom is 0.345 e. The molecular weight excluding hydrogens is 298 g/mol. The molecule has 0 unspecified atom stereocenters. The monoisotopic (exact) mass is 305 g/mol. The van der Waals surface area contributed by atoms with Crippen molar-refractivity contribution in [1.29, 1.82) is 0 Å². The summed E-state index contributed by atoms with van der Waals surface area (Å²) in [4.78, 5) is 20.1. The molecule has 20 heavy (non-hydrogen) atoms. The van der Waals surface area contributed by atoms with E-state index in [1.165, 1.54) is 0 Å². The second kappa shape index (κ2) is 4.73. The number of nitrogens with two attached hydrogens (primary N) is 1. The van der Waals surface area contributed by atoms with Crippen molar-refractivity contribution in [3.05, 3.63) is 40.2 Å². The summed E-state index contributed by atoms with van der Waals surface area (Å²) in [6.07, 6.45) is 0. The molecule has 0 saturated heterocycles. The summed E-state index contributed by atoms with van der Waals surface area (Å²) in [6.45, 7) is 0. The summed E-state index contributed by atoms with van der Waals surface area (Å²) in [7, 11) is 0. The van der Waals surface area contributed by atoms with E-state index >= 15 is 0 Å². The normalized spacial score (nSPS) is 10.8. The number of benzene rings is 1. The van der Waals surface area contributed by atoms with Gasteiger partial charge in [0.2, 0.25) is 5.95 Å². The molecule has 7 heteroatoms. The van der Waals surface area contributed by atoms with Crippen molar-refractivity contribution in [2.45, 2.75) is 0 Å². The molecule has 0 radical (unpaired) electrons. The number of anilines is 1. The highest BCUT2D eigenvalue weighted by atomic mass is 35.5. The smallest absolute Gasteiger partial charge is 0.345 e. The van der Waals surface area contributed by atoms with Crippen LogP contribution in [0, 0.1) is 0 Å². The zero-order chi connectivity index (χ0) is 14.3. The lowest BCUT2D eigenvalue weighted by atomic mass is 10.1. The molecule has 0 aliphatic rings. The van der Waals surface area contributed by atoms with E-state index in [1.54, 1.807) is 12.1 Å². The average molecular weight is 306 g/mol. The number of nitrogens with zero attached hydrogens (tertiary/aromatic N) is 2. The van der Waals surface area contributed by atoms with Crippen LogP contribution in [0.5, 0.6) is 0 Å². The minimum absolute atomic E-state index is 0.0891. The molecule has 1 aromatic carbocycles. The van der Waals surface area contributed by atoms with Gasteiger partial charge in [-0.1, -0.05) is 29.8 Å². The van der Waals surface area contributed by atoms with Crippen LogP contribution in [0.25, 0.3) is 21.5 Å². The highest BCUT2D eigenvalue weighted by molar-refractivity contribution is 7.20. The van der Waals surface area contributed by atoms with Gasteiger partial charge in [-0.2, -0.15) is 0 Å². The number of thiophene rings is 1. The topological polar surface area (TPSA) is 89.1 Å². The fourth-order valence-corrected chi connectivity index (χ4v) is 3.00. The first-order valence-corrected chi connectivity index (χ1v) is 6.81. The lowest BCUT2D eigenvalue weighted by Crippen LogP contribution is -1.96. The number of carboxylic acids is 1. The summed E-state index contributed by atoms with van der Waals surface area (Å²) >= 11 is 7.23. The number of nitrogen functional groups attached to an aromatic ring is 1. The van der Waals surface area contributed by atoms with Crippen LogP contribution in [0.1, 0.15) is 9.67 Å². The Hall–Kier alpha value is -2.18. The first-order chi connectivity index (χ1) is 9.56. The number of carbonyl (C=O) groups is 1. The Kier molecular flexibility index (Phi) is 3.04. The Morgan fingerprint density at radius 2 is 2.05 bits per heavy atom. The van der Waals surface area contributed by atoms with Gasteiger partial charge in [-0.05, 0) is 12.1 Å². The third-order valence-electron chi connectivity index (χ3n) is 2.75. The van der Waals surface area contributed by atoms with Crippen LogP contribution in [0.15, 0.2) is 30.3 Å². The Morgan fingerprint density at radius 3 is 2.75 bits per heavy atom. The summed E-state index contributed by atoms with van der Waals surface area (Å²) in [5.74, 6) is -0.914. The molecule has 2 heterocycles. The van der Waals surface area contributed by atoms with Crippen LogP contribution in [0.3, 0.4) is 0 Å². The van der Waals surface area contributed by atoms with Gasteiger partial charge < -0.3 is 10.8 Å². The second-order valence-corrected chi connectivity index (χ2v) is 5.48. The molecule has 3 aromatic rings. The van der Waals surface area contributed by atoms with E-state index in [-0.39, 0.29) is 10.8 Å². The van der Waals surface area contributed by atoms with Crippen molar-refractivity contribution in [1.82, 2.24) is 9.97 Å². The number of rotatable bonds is 2.